The van der Waals surface area contributed by atoms with Crippen molar-refractivity contribution in [3.8, 4) is 0 Å². The number of fused-ring (bicyclic) bond motifs is 1. The van der Waals surface area contributed by atoms with E-state index in [1.807, 2.05) is 20.5 Å². The first-order valence-corrected chi connectivity index (χ1v) is 8.25. The summed E-state index contributed by atoms with van der Waals surface area (Å²) in [5.41, 5.74) is 0.963. The number of aromatic nitrogens is 2. The molecular weight excluding hydrogens is 280 g/mol. The zero-order valence-corrected chi connectivity index (χ0v) is 12.9. The topological polar surface area (TPSA) is 58.4 Å². The third-order valence-corrected chi connectivity index (χ3v) is 5.23. The molecule has 2 aliphatic heterocycles. The molecule has 22 heavy (non-hydrogen) atoms. The molecule has 2 amide bonds. The minimum atomic E-state index is -0.352. The van der Waals surface area contributed by atoms with Crippen molar-refractivity contribution in [1.29, 1.82) is 0 Å². The minimum absolute atomic E-state index is 0.115. The molecule has 0 unspecified atom stereocenters. The summed E-state index contributed by atoms with van der Waals surface area (Å²) in [6, 6.07) is 1.56. The molecule has 6 nitrogen and oxygen atoms in total. The summed E-state index contributed by atoms with van der Waals surface area (Å²) in [5.74, 6) is 0.979. The van der Waals surface area contributed by atoms with Crippen LogP contribution in [-0.2, 0) is 16.1 Å². The Kier molecular flexibility index (Phi) is 3.20. The van der Waals surface area contributed by atoms with Gasteiger partial charge in [0.1, 0.15) is 6.04 Å². The van der Waals surface area contributed by atoms with E-state index in [2.05, 4.69) is 12.0 Å². The molecule has 1 saturated carbocycles. The van der Waals surface area contributed by atoms with Gasteiger partial charge in [0.05, 0.1) is 18.8 Å². The van der Waals surface area contributed by atoms with Crippen LogP contribution in [0.3, 0.4) is 0 Å². The quantitative estimate of drug-likeness (QED) is 0.820. The molecule has 1 aliphatic carbocycles. The van der Waals surface area contributed by atoms with Gasteiger partial charge in [0.25, 0.3) is 0 Å². The summed E-state index contributed by atoms with van der Waals surface area (Å²) < 4.78 is 1.82. The smallest absolute Gasteiger partial charge is 0.249 e. The number of carbonyl (C=O) groups excluding carboxylic acids is 2. The fourth-order valence-electron chi connectivity index (χ4n) is 3.69. The van der Waals surface area contributed by atoms with E-state index in [0.29, 0.717) is 19.0 Å². The van der Waals surface area contributed by atoms with Crippen LogP contribution in [0.15, 0.2) is 12.3 Å². The number of rotatable bonds is 2. The number of likely N-dealkylation sites (tertiary alicyclic amines) is 1. The van der Waals surface area contributed by atoms with Crippen LogP contribution < -0.4 is 0 Å². The third-order valence-electron chi connectivity index (χ3n) is 5.23. The fourth-order valence-corrected chi connectivity index (χ4v) is 3.69. The van der Waals surface area contributed by atoms with Crippen molar-refractivity contribution in [2.24, 2.45) is 11.8 Å². The highest BCUT2D eigenvalue weighted by Gasteiger charge is 2.44. The molecule has 0 aromatic carbocycles. The number of amides is 2. The lowest BCUT2D eigenvalue weighted by atomic mass is 10.1. The summed E-state index contributed by atoms with van der Waals surface area (Å²) in [7, 11) is 0. The van der Waals surface area contributed by atoms with Crippen LogP contribution in [0.25, 0.3) is 0 Å². The van der Waals surface area contributed by atoms with Crippen molar-refractivity contribution >= 4 is 11.8 Å². The normalized spacial score (nSPS) is 30.3. The van der Waals surface area contributed by atoms with Crippen LogP contribution in [0, 0.1) is 11.8 Å². The van der Waals surface area contributed by atoms with Crippen molar-refractivity contribution in [1.82, 2.24) is 19.6 Å². The summed E-state index contributed by atoms with van der Waals surface area (Å²) in [6.07, 6.45) is 4.87. The molecule has 1 aromatic rings. The van der Waals surface area contributed by atoms with Crippen LogP contribution in [0.5, 0.6) is 0 Å². The predicted octanol–water partition coefficient (Wildman–Crippen LogP) is 1.04. The Hall–Kier alpha value is -1.85. The molecule has 1 saturated heterocycles. The lowest BCUT2D eigenvalue weighted by Gasteiger charge is -2.35. The average Bonchev–Trinajstić information content (AvgIpc) is 2.99. The highest BCUT2D eigenvalue weighted by atomic mass is 16.2. The number of carbonyl (C=O) groups is 2. The largest absolute Gasteiger partial charge is 0.341 e. The Morgan fingerprint density at radius 3 is 2.59 bits per heavy atom. The second-order valence-corrected chi connectivity index (χ2v) is 6.85. The molecular formula is C16H22N4O2. The van der Waals surface area contributed by atoms with E-state index in [9.17, 15) is 9.59 Å². The number of nitrogens with zero attached hydrogens (tertiary/aromatic N) is 4. The molecule has 0 spiro atoms. The lowest BCUT2D eigenvalue weighted by Crippen LogP contribution is -2.48. The Labute approximate surface area is 130 Å². The first kappa shape index (κ1) is 13.8. The summed E-state index contributed by atoms with van der Waals surface area (Å²) in [5, 5.41) is 4.33. The standard InChI is InChI=1S/C16H22N4O2/c1-11-8-13(11)15(21)19-9-12-4-5-17-20(12)14(10-19)16(22)18-6-2-3-7-18/h4-5,11,13-14H,2-3,6-10H2,1H3/t11-,13+,14+/m1/s1. The van der Waals surface area contributed by atoms with E-state index in [-0.39, 0.29) is 23.8 Å². The third kappa shape index (κ3) is 2.21. The van der Waals surface area contributed by atoms with Crippen molar-refractivity contribution in [3.05, 3.63) is 18.0 Å². The number of hydrogen-bond acceptors (Lipinski definition) is 3. The monoisotopic (exact) mass is 302 g/mol. The predicted molar refractivity (Wildman–Crippen MR) is 79.8 cm³/mol. The molecule has 4 rings (SSSR count). The molecule has 3 atom stereocenters. The van der Waals surface area contributed by atoms with E-state index >= 15 is 0 Å². The number of hydrogen-bond donors (Lipinski definition) is 0. The second kappa shape index (κ2) is 5.11. The molecule has 2 fully saturated rings. The Bertz CT molecular complexity index is 605. The summed E-state index contributed by atoms with van der Waals surface area (Å²) in [4.78, 5) is 29.2. The first-order chi connectivity index (χ1) is 10.6. The minimum Gasteiger partial charge on any atom is -0.341 e. The molecule has 6 heteroatoms. The maximum absolute atomic E-state index is 12.8. The molecule has 118 valence electrons. The molecule has 0 N–H and O–H groups in total. The Morgan fingerprint density at radius 1 is 1.18 bits per heavy atom. The Morgan fingerprint density at radius 2 is 1.91 bits per heavy atom. The van der Waals surface area contributed by atoms with Gasteiger partial charge in [-0.15, -0.1) is 0 Å². The van der Waals surface area contributed by atoms with Crippen LogP contribution in [-0.4, -0.2) is 51.0 Å². The molecule has 0 radical (unpaired) electrons. The fraction of sp³-hybridized carbons (Fsp3) is 0.688. The summed E-state index contributed by atoms with van der Waals surface area (Å²) >= 11 is 0. The van der Waals surface area contributed by atoms with Gasteiger partial charge in [-0.05, 0) is 31.2 Å². The highest BCUT2D eigenvalue weighted by molar-refractivity contribution is 5.85. The van der Waals surface area contributed by atoms with Gasteiger partial charge >= 0.3 is 0 Å². The zero-order valence-electron chi connectivity index (χ0n) is 12.9. The average molecular weight is 302 g/mol. The van der Waals surface area contributed by atoms with Crippen LogP contribution in [0.2, 0.25) is 0 Å². The van der Waals surface area contributed by atoms with E-state index in [1.54, 1.807) is 6.20 Å². The van der Waals surface area contributed by atoms with Gasteiger partial charge in [0, 0.05) is 25.2 Å². The maximum Gasteiger partial charge on any atom is 0.249 e. The first-order valence-electron chi connectivity index (χ1n) is 8.25. The second-order valence-electron chi connectivity index (χ2n) is 6.85. The summed E-state index contributed by atoms with van der Waals surface area (Å²) in [6.45, 7) is 4.82. The van der Waals surface area contributed by atoms with Crippen LogP contribution in [0.1, 0.15) is 37.9 Å². The van der Waals surface area contributed by atoms with E-state index in [0.717, 1.165) is 38.0 Å². The van der Waals surface area contributed by atoms with Gasteiger partial charge in [-0.2, -0.15) is 5.10 Å². The van der Waals surface area contributed by atoms with E-state index < -0.39 is 0 Å². The highest BCUT2D eigenvalue weighted by Crippen LogP contribution is 2.40. The van der Waals surface area contributed by atoms with Crippen molar-refractivity contribution in [3.63, 3.8) is 0 Å². The molecule has 0 bridgehead atoms. The van der Waals surface area contributed by atoms with Crippen molar-refractivity contribution in [2.45, 2.75) is 38.8 Å². The SMILES string of the molecule is C[C@@H]1C[C@@H]1C(=O)N1Cc2ccnn2[C@H](C(=O)N2CCCC2)C1. The van der Waals surface area contributed by atoms with Gasteiger partial charge in [-0.25, -0.2) is 0 Å². The van der Waals surface area contributed by atoms with Crippen molar-refractivity contribution in [2.75, 3.05) is 19.6 Å². The van der Waals surface area contributed by atoms with Gasteiger partial charge in [0.15, 0.2) is 0 Å². The van der Waals surface area contributed by atoms with Crippen molar-refractivity contribution < 1.29 is 9.59 Å². The van der Waals surface area contributed by atoms with Crippen LogP contribution in [0.4, 0.5) is 0 Å². The molecule has 3 aliphatic rings. The van der Waals surface area contributed by atoms with Crippen LogP contribution >= 0.6 is 0 Å². The van der Waals surface area contributed by atoms with Gasteiger partial charge in [0.2, 0.25) is 11.8 Å². The maximum atomic E-state index is 12.8. The Balaban J connectivity index is 1.57. The van der Waals surface area contributed by atoms with E-state index in [1.165, 1.54) is 0 Å². The zero-order chi connectivity index (χ0) is 15.3. The molecule has 3 heterocycles. The molecule has 1 aromatic heterocycles. The van der Waals surface area contributed by atoms with Gasteiger partial charge in [-0.1, -0.05) is 6.92 Å². The van der Waals surface area contributed by atoms with Gasteiger partial charge in [-0.3, -0.25) is 14.3 Å². The van der Waals surface area contributed by atoms with E-state index in [4.69, 9.17) is 0 Å². The lowest BCUT2D eigenvalue weighted by molar-refractivity contribution is -0.140. The van der Waals surface area contributed by atoms with Gasteiger partial charge < -0.3 is 9.80 Å².